The van der Waals surface area contributed by atoms with Gasteiger partial charge in [-0.3, -0.25) is 0 Å². The Bertz CT molecular complexity index is 369. The van der Waals surface area contributed by atoms with E-state index < -0.39 is 0 Å². The van der Waals surface area contributed by atoms with Gasteiger partial charge >= 0.3 is 0 Å². The van der Waals surface area contributed by atoms with Crippen molar-refractivity contribution >= 4 is 0 Å². The third-order valence-corrected chi connectivity index (χ3v) is 3.81. The van der Waals surface area contributed by atoms with Crippen molar-refractivity contribution in [3.63, 3.8) is 0 Å². The minimum absolute atomic E-state index is 0.318. The molecule has 1 saturated carbocycles. The van der Waals surface area contributed by atoms with Crippen molar-refractivity contribution in [2.45, 2.75) is 65.6 Å². The Morgan fingerprint density at radius 2 is 2.24 bits per heavy atom. The lowest BCUT2D eigenvalue weighted by Gasteiger charge is -2.27. The van der Waals surface area contributed by atoms with Crippen LogP contribution in [0, 0.1) is 5.41 Å². The fourth-order valence-electron chi connectivity index (χ4n) is 2.65. The van der Waals surface area contributed by atoms with Crippen LogP contribution in [0.15, 0.2) is 0 Å². The number of rotatable bonds is 4. The molecule has 1 N–H and O–H groups in total. The van der Waals surface area contributed by atoms with E-state index in [2.05, 4.69) is 48.5 Å². The van der Waals surface area contributed by atoms with Crippen molar-refractivity contribution in [3.05, 3.63) is 5.82 Å². The molecule has 2 rings (SSSR count). The first kappa shape index (κ1) is 12.5. The topological polar surface area (TPSA) is 55.6 Å². The summed E-state index contributed by atoms with van der Waals surface area (Å²) in [6, 6.07) is 0.901. The van der Waals surface area contributed by atoms with Gasteiger partial charge in [-0.15, -0.1) is 5.10 Å². The van der Waals surface area contributed by atoms with Crippen molar-refractivity contribution in [3.8, 4) is 0 Å². The molecule has 0 saturated heterocycles. The molecule has 1 aliphatic rings. The van der Waals surface area contributed by atoms with Gasteiger partial charge < -0.3 is 5.32 Å². The van der Waals surface area contributed by atoms with Crippen molar-refractivity contribution in [1.29, 1.82) is 0 Å². The molecular weight excluding hydrogens is 214 g/mol. The smallest absolute Gasteiger partial charge is 0.165 e. The van der Waals surface area contributed by atoms with E-state index in [0.717, 1.165) is 12.4 Å². The Hall–Kier alpha value is -0.970. The van der Waals surface area contributed by atoms with Gasteiger partial charge in [0.2, 0.25) is 0 Å². The molecule has 1 heterocycles. The van der Waals surface area contributed by atoms with Crippen LogP contribution in [0.3, 0.4) is 0 Å². The first-order chi connectivity index (χ1) is 8.00. The minimum Gasteiger partial charge on any atom is -0.306 e. The molecule has 0 aliphatic heterocycles. The molecule has 0 radical (unpaired) electrons. The largest absolute Gasteiger partial charge is 0.306 e. The summed E-state index contributed by atoms with van der Waals surface area (Å²) in [5, 5.41) is 15.5. The lowest BCUT2D eigenvalue weighted by molar-refractivity contribution is 0.278. The van der Waals surface area contributed by atoms with Crippen LogP contribution in [0.1, 0.15) is 58.8 Å². The SMILES string of the molecule is CC(C)n1nnnc1CN[C@@H]1CCCC1(C)C. The van der Waals surface area contributed by atoms with Gasteiger partial charge in [-0.25, -0.2) is 4.68 Å². The molecule has 1 aromatic heterocycles. The summed E-state index contributed by atoms with van der Waals surface area (Å²) in [6.07, 6.45) is 3.88. The van der Waals surface area contributed by atoms with Gasteiger partial charge in [0, 0.05) is 6.04 Å². The average Bonchev–Trinajstić information content (AvgIpc) is 2.81. The summed E-state index contributed by atoms with van der Waals surface area (Å²) in [5.74, 6) is 0.933. The van der Waals surface area contributed by atoms with E-state index >= 15 is 0 Å². The van der Waals surface area contributed by atoms with Crippen LogP contribution in [-0.4, -0.2) is 26.2 Å². The molecule has 0 bridgehead atoms. The first-order valence-corrected chi connectivity index (χ1v) is 6.51. The summed E-state index contributed by atoms with van der Waals surface area (Å²) in [5.41, 5.74) is 0.399. The van der Waals surface area contributed by atoms with Crippen LogP contribution < -0.4 is 5.32 Å². The number of nitrogens with zero attached hydrogens (tertiary/aromatic N) is 4. The second-order valence-electron chi connectivity index (χ2n) is 5.95. The third-order valence-electron chi connectivity index (χ3n) is 3.81. The number of nitrogens with one attached hydrogen (secondary N) is 1. The average molecular weight is 237 g/mol. The third kappa shape index (κ3) is 2.65. The maximum atomic E-state index is 4.09. The first-order valence-electron chi connectivity index (χ1n) is 6.51. The van der Waals surface area contributed by atoms with E-state index in [9.17, 15) is 0 Å². The van der Waals surface area contributed by atoms with Gasteiger partial charge in [0.15, 0.2) is 5.82 Å². The van der Waals surface area contributed by atoms with Gasteiger partial charge in [0.1, 0.15) is 0 Å². The fraction of sp³-hybridized carbons (Fsp3) is 0.917. The number of hydrogen-bond donors (Lipinski definition) is 1. The van der Waals surface area contributed by atoms with Crippen LogP contribution in [0.4, 0.5) is 0 Å². The van der Waals surface area contributed by atoms with Crippen LogP contribution in [-0.2, 0) is 6.54 Å². The van der Waals surface area contributed by atoms with Crippen LogP contribution >= 0.6 is 0 Å². The molecule has 96 valence electrons. The monoisotopic (exact) mass is 237 g/mol. The van der Waals surface area contributed by atoms with Crippen LogP contribution in [0.2, 0.25) is 0 Å². The molecule has 0 aromatic carbocycles. The van der Waals surface area contributed by atoms with E-state index in [0.29, 0.717) is 17.5 Å². The number of aromatic nitrogens is 4. The Morgan fingerprint density at radius 3 is 2.82 bits per heavy atom. The predicted molar refractivity (Wildman–Crippen MR) is 66.5 cm³/mol. The fourth-order valence-corrected chi connectivity index (χ4v) is 2.65. The minimum atomic E-state index is 0.318. The standard InChI is InChI=1S/C12H23N5/c1-9(2)17-11(14-15-16-17)8-13-10-6-5-7-12(10,3)4/h9-10,13H,5-8H2,1-4H3/t10-/m1/s1. The molecule has 5 nitrogen and oxygen atoms in total. The molecule has 1 atom stereocenters. The molecule has 0 spiro atoms. The Kier molecular flexibility index (Phi) is 3.47. The zero-order chi connectivity index (χ0) is 12.5. The second kappa shape index (κ2) is 4.72. The zero-order valence-electron chi connectivity index (χ0n) is 11.3. The number of tetrazole rings is 1. The predicted octanol–water partition coefficient (Wildman–Crippen LogP) is 1.92. The Morgan fingerprint density at radius 1 is 1.47 bits per heavy atom. The molecular formula is C12H23N5. The normalized spacial score (nSPS) is 23.5. The highest BCUT2D eigenvalue weighted by molar-refractivity contribution is 4.92. The highest BCUT2D eigenvalue weighted by Gasteiger charge is 2.34. The van der Waals surface area contributed by atoms with E-state index in [1.54, 1.807) is 0 Å². The molecule has 1 fully saturated rings. The summed E-state index contributed by atoms with van der Waals surface area (Å²) >= 11 is 0. The van der Waals surface area contributed by atoms with Crippen LogP contribution in [0.25, 0.3) is 0 Å². The quantitative estimate of drug-likeness (QED) is 0.869. The van der Waals surface area contributed by atoms with Crippen molar-refractivity contribution in [2.24, 2.45) is 5.41 Å². The molecule has 5 heteroatoms. The molecule has 17 heavy (non-hydrogen) atoms. The summed E-state index contributed by atoms with van der Waals surface area (Å²) in [7, 11) is 0. The molecule has 0 unspecified atom stereocenters. The van der Waals surface area contributed by atoms with Crippen molar-refractivity contribution in [1.82, 2.24) is 25.5 Å². The Balaban J connectivity index is 1.96. The Labute approximate surface area is 103 Å². The maximum Gasteiger partial charge on any atom is 0.165 e. The van der Waals surface area contributed by atoms with Gasteiger partial charge in [-0.05, 0) is 42.5 Å². The summed E-state index contributed by atoms with van der Waals surface area (Å²) < 4.78 is 1.88. The summed E-state index contributed by atoms with van der Waals surface area (Å²) in [4.78, 5) is 0. The van der Waals surface area contributed by atoms with Crippen molar-refractivity contribution < 1.29 is 0 Å². The van der Waals surface area contributed by atoms with Crippen molar-refractivity contribution in [2.75, 3.05) is 0 Å². The van der Waals surface area contributed by atoms with Gasteiger partial charge in [-0.1, -0.05) is 20.3 Å². The van der Waals surface area contributed by atoms with Crippen LogP contribution in [0.5, 0.6) is 0 Å². The second-order valence-corrected chi connectivity index (χ2v) is 5.95. The van der Waals surface area contributed by atoms with Gasteiger partial charge in [0.05, 0.1) is 12.6 Å². The molecule has 0 amide bonds. The number of hydrogen-bond acceptors (Lipinski definition) is 4. The van der Waals surface area contributed by atoms with E-state index in [4.69, 9.17) is 0 Å². The van der Waals surface area contributed by atoms with Gasteiger partial charge in [-0.2, -0.15) is 0 Å². The summed E-state index contributed by atoms with van der Waals surface area (Å²) in [6.45, 7) is 9.63. The maximum absolute atomic E-state index is 4.09. The highest BCUT2D eigenvalue weighted by atomic mass is 15.5. The highest BCUT2D eigenvalue weighted by Crippen LogP contribution is 2.37. The molecule has 1 aliphatic carbocycles. The zero-order valence-corrected chi connectivity index (χ0v) is 11.3. The molecule has 1 aromatic rings. The van der Waals surface area contributed by atoms with E-state index in [-0.39, 0.29) is 0 Å². The lowest BCUT2D eigenvalue weighted by atomic mass is 9.87. The lowest BCUT2D eigenvalue weighted by Crippen LogP contribution is -2.37. The van der Waals surface area contributed by atoms with E-state index in [1.807, 2.05) is 4.68 Å². The van der Waals surface area contributed by atoms with E-state index in [1.165, 1.54) is 19.3 Å². The van der Waals surface area contributed by atoms with Gasteiger partial charge in [0.25, 0.3) is 0 Å².